The average Bonchev–Trinajstić information content (AvgIpc) is 2.54. The van der Waals surface area contributed by atoms with Crippen molar-refractivity contribution >= 4 is 17.5 Å². The zero-order valence-corrected chi connectivity index (χ0v) is 11.7. The van der Waals surface area contributed by atoms with Gasteiger partial charge in [-0.3, -0.25) is 9.59 Å². The average molecular weight is 290 g/mol. The Bertz CT molecular complexity index is 524. The zero-order valence-electron chi connectivity index (χ0n) is 11.7. The molecule has 1 heterocycles. The van der Waals surface area contributed by atoms with Gasteiger partial charge in [0.2, 0.25) is 5.91 Å². The summed E-state index contributed by atoms with van der Waals surface area (Å²) in [6.07, 6.45) is 1.18. The van der Waals surface area contributed by atoms with Crippen molar-refractivity contribution in [3.63, 3.8) is 0 Å². The third-order valence-corrected chi connectivity index (χ3v) is 3.05. The Balaban J connectivity index is 1.94. The van der Waals surface area contributed by atoms with E-state index in [0.29, 0.717) is 37.7 Å². The molecular formula is C15H18N2O4. The molecule has 0 radical (unpaired) electrons. The van der Waals surface area contributed by atoms with Gasteiger partial charge in [-0.1, -0.05) is 18.7 Å². The minimum Gasteiger partial charge on any atom is -0.482 e. The summed E-state index contributed by atoms with van der Waals surface area (Å²) in [6, 6.07) is 6.95. The third-order valence-electron chi connectivity index (χ3n) is 3.05. The molecule has 0 atom stereocenters. The minimum atomic E-state index is -0.328. The van der Waals surface area contributed by atoms with Crippen LogP contribution in [0.25, 0.3) is 0 Å². The number of ether oxygens (including phenoxy) is 2. The van der Waals surface area contributed by atoms with Crippen LogP contribution in [0.2, 0.25) is 0 Å². The van der Waals surface area contributed by atoms with Gasteiger partial charge in [0.25, 0.3) is 5.91 Å². The highest BCUT2D eigenvalue weighted by Gasteiger charge is 2.17. The first kappa shape index (κ1) is 15.1. The summed E-state index contributed by atoms with van der Waals surface area (Å²) in [4.78, 5) is 25.1. The normalized spacial score (nSPS) is 14.4. The van der Waals surface area contributed by atoms with Gasteiger partial charge in [-0.05, 0) is 18.2 Å². The molecule has 2 rings (SSSR count). The van der Waals surface area contributed by atoms with Crippen molar-refractivity contribution in [2.45, 2.75) is 0 Å². The van der Waals surface area contributed by atoms with E-state index in [9.17, 15) is 9.59 Å². The maximum absolute atomic E-state index is 12.0. The van der Waals surface area contributed by atoms with Crippen LogP contribution in [-0.2, 0) is 14.3 Å². The number of benzene rings is 1. The van der Waals surface area contributed by atoms with Gasteiger partial charge in [0.1, 0.15) is 5.75 Å². The van der Waals surface area contributed by atoms with Crippen LogP contribution in [0.1, 0.15) is 0 Å². The lowest BCUT2D eigenvalue weighted by Crippen LogP contribution is -2.43. The topological polar surface area (TPSA) is 67.9 Å². The number of anilines is 1. The first-order valence-corrected chi connectivity index (χ1v) is 6.71. The van der Waals surface area contributed by atoms with Gasteiger partial charge in [-0.2, -0.15) is 0 Å². The maximum atomic E-state index is 12.0. The van der Waals surface area contributed by atoms with Gasteiger partial charge in [0.05, 0.1) is 18.9 Å². The molecule has 6 nitrogen and oxygen atoms in total. The van der Waals surface area contributed by atoms with Crippen molar-refractivity contribution in [2.24, 2.45) is 0 Å². The maximum Gasteiger partial charge on any atom is 0.260 e. The van der Waals surface area contributed by atoms with Gasteiger partial charge < -0.3 is 19.7 Å². The number of amides is 2. The van der Waals surface area contributed by atoms with E-state index >= 15 is 0 Å². The number of nitrogens with one attached hydrogen (secondary N) is 1. The summed E-state index contributed by atoms with van der Waals surface area (Å²) in [5.74, 6) is 0.0306. The lowest BCUT2D eigenvalue weighted by Gasteiger charge is -2.26. The Labute approximate surface area is 123 Å². The summed E-state index contributed by atoms with van der Waals surface area (Å²) in [5.41, 5.74) is 0.511. The SMILES string of the molecule is C=CC(=O)Nc1ccccc1OCC(=O)N1CCOCC1. The number of morpholine rings is 1. The van der Waals surface area contributed by atoms with Crippen molar-refractivity contribution in [1.29, 1.82) is 0 Å². The largest absolute Gasteiger partial charge is 0.482 e. The molecule has 1 aliphatic rings. The van der Waals surface area contributed by atoms with E-state index in [4.69, 9.17) is 9.47 Å². The monoisotopic (exact) mass is 290 g/mol. The van der Waals surface area contributed by atoms with E-state index in [2.05, 4.69) is 11.9 Å². The van der Waals surface area contributed by atoms with E-state index in [1.165, 1.54) is 6.08 Å². The molecule has 6 heteroatoms. The molecule has 1 aromatic carbocycles. The third kappa shape index (κ3) is 4.32. The van der Waals surface area contributed by atoms with Crippen molar-refractivity contribution in [1.82, 2.24) is 4.90 Å². The zero-order chi connectivity index (χ0) is 15.1. The molecule has 0 saturated carbocycles. The first-order chi connectivity index (χ1) is 10.2. The van der Waals surface area contributed by atoms with Crippen molar-refractivity contribution in [2.75, 3.05) is 38.2 Å². The highest BCUT2D eigenvalue weighted by molar-refractivity contribution is 5.99. The number of carbonyl (C=O) groups is 2. The fourth-order valence-electron chi connectivity index (χ4n) is 1.92. The number of para-hydroxylation sites is 2. The molecule has 1 aliphatic heterocycles. The number of hydrogen-bond acceptors (Lipinski definition) is 4. The lowest BCUT2D eigenvalue weighted by atomic mass is 10.3. The van der Waals surface area contributed by atoms with E-state index in [1.54, 1.807) is 29.2 Å². The van der Waals surface area contributed by atoms with Crippen LogP contribution in [0.4, 0.5) is 5.69 Å². The molecule has 2 amide bonds. The predicted molar refractivity (Wildman–Crippen MR) is 78.2 cm³/mol. The standard InChI is InChI=1S/C15H18N2O4/c1-2-14(18)16-12-5-3-4-6-13(12)21-11-15(19)17-7-9-20-10-8-17/h2-6H,1,7-11H2,(H,16,18). The molecule has 1 aromatic rings. The van der Waals surface area contributed by atoms with Gasteiger partial charge >= 0.3 is 0 Å². The Morgan fingerprint density at radius 2 is 2.05 bits per heavy atom. The molecule has 1 saturated heterocycles. The second kappa shape index (κ2) is 7.44. The fourth-order valence-corrected chi connectivity index (χ4v) is 1.92. The van der Waals surface area contributed by atoms with Crippen molar-refractivity contribution < 1.29 is 19.1 Å². The summed E-state index contributed by atoms with van der Waals surface area (Å²) in [6.45, 7) is 5.60. The number of rotatable bonds is 5. The molecule has 0 spiro atoms. The first-order valence-electron chi connectivity index (χ1n) is 6.71. The molecule has 1 N–H and O–H groups in total. The van der Waals surface area contributed by atoms with Crippen LogP contribution in [0.15, 0.2) is 36.9 Å². The van der Waals surface area contributed by atoms with Crippen LogP contribution < -0.4 is 10.1 Å². The molecule has 0 aliphatic carbocycles. The highest BCUT2D eigenvalue weighted by atomic mass is 16.5. The molecule has 1 fully saturated rings. The number of hydrogen-bond donors (Lipinski definition) is 1. The molecular weight excluding hydrogens is 272 g/mol. The van der Waals surface area contributed by atoms with Crippen LogP contribution in [0.5, 0.6) is 5.75 Å². The van der Waals surface area contributed by atoms with Crippen LogP contribution in [0.3, 0.4) is 0 Å². The van der Waals surface area contributed by atoms with E-state index in [1.807, 2.05) is 0 Å². The van der Waals surface area contributed by atoms with Crippen molar-refractivity contribution in [3.8, 4) is 5.75 Å². The molecule has 0 bridgehead atoms. The smallest absolute Gasteiger partial charge is 0.260 e. The van der Waals surface area contributed by atoms with Crippen LogP contribution in [-0.4, -0.2) is 49.6 Å². The number of nitrogens with zero attached hydrogens (tertiary/aromatic N) is 1. The highest BCUT2D eigenvalue weighted by Crippen LogP contribution is 2.23. The summed E-state index contributed by atoms with van der Waals surface area (Å²) in [7, 11) is 0. The van der Waals surface area contributed by atoms with Gasteiger partial charge in [0.15, 0.2) is 6.61 Å². The molecule has 0 unspecified atom stereocenters. The second-order valence-electron chi connectivity index (χ2n) is 4.47. The Morgan fingerprint density at radius 3 is 2.76 bits per heavy atom. The lowest BCUT2D eigenvalue weighted by molar-refractivity contribution is -0.137. The van der Waals surface area contributed by atoms with Gasteiger partial charge in [-0.15, -0.1) is 0 Å². The quantitative estimate of drug-likeness (QED) is 0.823. The van der Waals surface area contributed by atoms with E-state index in [-0.39, 0.29) is 18.4 Å². The number of carbonyl (C=O) groups excluding carboxylic acids is 2. The van der Waals surface area contributed by atoms with Crippen LogP contribution in [0, 0.1) is 0 Å². The molecule has 21 heavy (non-hydrogen) atoms. The Kier molecular flexibility index (Phi) is 5.34. The summed E-state index contributed by atoms with van der Waals surface area (Å²) in [5, 5.41) is 2.64. The fraction of sp³-hybridized carbons (Fsp3) is 0.333. The van der Waals surface area contributed by atoms with Crippen LogP contribution >= 0.6 is 0 Å². The minimum absolute atomic E-state index is 0.0685. The molecule has 112 valence electrons. The summed E-state index contributed by atoms with van der Waals surface area (Å²) < 4.78 is 10.7. The Hall–Kier alpha value is -2.34. The van der Waals surface area contributed by atoms with Crippen molar-refractivity contribution in [3.05, 3.63) is 36.9 Å². The second-order valence-corrected chi connectivity index (χ2v) is 4.47. The van der Waals surface area contributed by atoms with Gasteiger partial charge in [0, 0.05) is 13.1 Å². The Morgan fingerprint density at radius 1 is 1.33 bits per heavy atom. The molecule has 0 aromatic heterocycles. The summed E-state index contributed by atoms with van der Waals surface area (Å²) >= 11 is 0. The van der Waals surface area contributed by atoms with E-state index in [0.717, 1.165) is 0 Å². The van der Waals surface area contributed by atoms with E-state index < -0.39 is 0 Å². The predicted octanol–water partition coefficient (Wildman–Crippen LogP) is 1.05. The van der Waals surface area contributed by atoms with Gasteiger partial charge in [-0.25, -0.2) is 0 Å².